The normalized spacial score (nSPS) is 16.6. The lowest BCUT2D eigenvalue weighted by Gasteiger charge is -2.12. The molecule has 19 heavy (non-hydrogen) atoms. The van der Waals surface area contributed by atoms with Crippen LogP contribution in [0.25, 0.3) is 0 Å². The summed E-state index contributed by atoms with van der Waals surface area (Å²) in [5.41, 5.74) is -0.934. The lowest BCUT2D eigenvalue weighted by Crippen LogP contribution is -2.21. The SMILES string of the molecule is O=C(Nc1ncc(C(F)(F)F)cc1Cl)C1CCCC1. The van der Waals surface area contributed by atoms with Gasteiger partial charge in [0.2, 0.25) is 5.91 Å². The number of carbonyl (C=O) groups excluding carboxylic acids is 1. The van der Waals surface area contributed by atoms with Crippen LogP contribution in [0.2, 0.25) is 5.02 Å². The van der Waals surface area contributed by atoms with E-state index in [1.807, 2.05) is 0 Å². The molecule has 0 bridgehead atoms. The summed E-state index contributed by atoms with van der Waals surface area (Å²) in [6.45, 7) is 0. The van der Waals surface area contributed by atoms with Gasteiger partial charge in [0.25, 0.3) is 0 Å². The van der Waals surface area contributed by atoms with Gasteiger partial charge in [-0.1, -0.05) is 24.4 Å². The second-order valence-corrected chi connectivity index (χ2v) is 4.93. The zero-order valence-electron chi connectivity index (χ0n) is 9.93. The Labute approximate surface area is 113 Å². The largest absolute Gasteiger partial charge is 0.417 e. The predicted octanol–water partition coefficient (Wildman–Crippen LogP) is 3.88. The van der Waals surface area contributed by atoms with Crippen LogP contribution in [0.1, 0.15) is 31.2 Å². The minimum absolute atomic E-state index is 0.0217. The molecule has 1 aliphatic rings. The zero-order chi connectivity index (χ0) is 14.0. The first-order valence-corrected chi connectivity index (χ1v) is 6.29. The van der Waals surface area contributed by atoms with Gasteiger partial charge in [-0.3, -0.25) is 4.79 Å². The van der Waals surface area contributed by atoms with Gasteiger partial charge in [-0.15, -0.1) is 0 Å². The number of rotatable bonds is 2. The number of alkyl halides is 3. The Balaban J connectivity index is 2.11. The number of halogens is 4. The first kappa shape index (κ1) is 14.1. The van der Waals surface area contributed by atoms with Crippen molar-refractivity contribution in [2.24, 2.45) is 5.92 Å². The summed E-state index contributed by atoms with van der Waals surface area (Å²) < 4.78 is 37.3. The highest BCUT2D eigenvalue weighted by atomic mass is 35.5. The van der Waals surface area contributed by atoms with Crippen molar-refractivity contribution in [1.82, 2.24) is 4.98 Å². The van der Waals surface area contributed by atoms with E-state index in [-0.39, 0.29) is 22.7 Å². The molecular formula is C12H12ClF3N2O. The van der Waals surface area contributed by atoms with Crippen LogP contribution in [0.4, 0.5) is 19.0 Å². The van der Waals surface area contributed by atoms with Gasteiger partial charge in [0, 0.05) is 12.1 Å². The molecule has 3 nitrogen and oxygen atoms in total. The molecule has 0 atom stereocenters. The molecule has 7 heteroatoms. The van der Waals surface area contributed by atoms with Gasteiger partial charge in [-0.05, 0) is 18.9 Å². The van der Waals surface area contributed by atoms with Gasteiger partial charge in [0.1, 0.15) is 0 Å². The van der Waals surface area contributed by atoms with Crippen molar-refractivity contribution in [3.63, 3.8) is 0 Å². The molecule has 0 radical (unpaired) electrons. The highest BCUT2D eigenvalue weighted by molar-refractivity contribution is 6.33. The molecule has 1 heterocycles. The van der Waals surface area contributed by atoms with E-state index in [1.165, 1.54) is 0 Å². The topological polar surface area (TPSA) is 42.0 Å². The van der Waals surface area contributed by atoms with E-state index < -0.39 is 11.7 Å². The Morgan fingerprint density at radius 2 is 2.00 bits per heavy atom. The lowest BCUT2D eigenvalue weighted by atomic mass is 10.1. The van der Waals surface area contributed by atoms with Gasteiger partial charge in [-0.2, -0.15) is 13.2 Å². The van der Waals surface area contributed by atoms with Crippen molar-refractivity contribution in [3.05, 3.63) is 22.8 Å². The third-order valence-corrected chi connectivity index (χ3v) is 3.42. The second-order valence-electron chi connectivity index (χ2n) is 4.52. The fraction of sp³-hybridized carbons (Fsp3) is 0.500. The number of aromatic nitrogens is 1. The maximum atomic E-state index is 12.4. The summed E-state index contributed by atoms with van der Waals surface area (Å²) in [5.74, 6) is -0.349. The number of carbonyl (C=O) groups is 1. The van der Waals surface area contributed by atoms with E-state index in [2.05, 4.69) is 10.3 Å². The number of nitrogens with one attached hydrogen (secondary N) is 1. The van der Waals surface area contributed by atoms with E-state index in [0.29, 0.717) is 6.20 Å². The molecule has 0 unspecified atom stereocenters. The van der Waals surface area contributed by atoms with Crippen molar-refractivity contribution in [2.75, 3.05) is 5.32 Å². The van der Waals surface area contributed by atoms with E-state index in [4.69, 9.17) is 11.6 Å². The van der Waals surface area contributed by atoms with Crippen LogP contribution in [0.5, 0.6) is 0 Å². The molecule has 104 valence electrons. The minimum atomic E-state index is -4.50. The smallest absolute Gasteiger partial charge is 0.309 e. The fourth-order valence-electron chi connectivity index (χ4n) is 2.09. The summed E-state index contributed by atoms with van der Waals surface area (Å²) in [4.78, 5) is 15.4. The molecule has 1 aliphatic carbocycles. The van der Waals surface area contributed by atoms with Crippen molar-refractivity contribution in [2.45, 2.75) is 31.9 Å². The Bertz CT molecular complexity index is 484. The lowest BCUT2D eigenvalue weighted by molar-refractivity contribution is -0.137. The van der Waals surface area contributed by atoms with Crippen molar-refractivity contribution < 1.29 is 18.0 Å². The molecule has 0 aromatic carbocycles. The fourth-order valence-corrected chi connectivity index (χ4v) is 2.31. The quantitative estimate of drug-likeness (QED) is 0.899. The van der Waals surface area contributed by atoms with Crippen LogP contribution in [0.3, 0.4) is 0 Å². The standard InChI is InChI=1S/C12H12ClF3N2O/c13-9-5-8(12(14,15)16)6-17-10(9)18-11(19)7-3-1-2-4-7/h5-7H,1-4H2,(H,17,18,19). The first-order valence-electron chi connectivity index (χ1n) is 5.91. The minimum Gasteiger partial charge on any atom is -0.309 e. The Hall–Kier alpha value is -1.30. The molecule has 1 aromatic rings. The van der Waals surface area contributed by atoms with Crippen molar-refractivity contribution in [3.8, 4) is 0 Å². The Kier molecular flexibility index (Phi) is 3.99. The van der Waals surface area contributed by atoms with Crippen LogP contribution in [0.15, 0.2) is 12.3 Å². The molecule has 1 N–H and O–H groups in total. The average Bonchev–Trinajstić information content (AvgIpc) is 2.84. The summed E-state index contributed by atoms with van der Waals surface area (Å²) in [6.07, 6.45) is -0.256. The van der Waals surface area contributed by atoms with Gasteiger partial charge < -0.3 is 5.32 Å². The first-order chi connectivity index (χ1) is 8.88. The highest BCUT2D eigenvalue weighted by Crippen LogP contribution is 2.33. The van der Waals surface area contributed by atoms with Gasteiger partial charge in [-0.25, -0.2) is 4.98 Å². The summed E-state index contributed by atoms with van der Waals surface area (Å²) >= 11 is 5.71. The number of pyridine rings is 1. The molecular weight excluding hydrogens is 281 g/mol. The zero-order valence-corrected chi connectivity index (χ0v) is 10.7. The number of hydrogen-bond donors (Lipinski definition) is 1. The summed E-state index contributed by atoms with van der Waals surface area (Å²) in [7, 11) is 0. The predicted molar refractivity (Wildman–Crippen MR) is 64.8 cm³/mol. The second kappa shape index (κ2) is 5.36. The Morgan fingerprint density at radius 3 is 2.53 bits per heavy atom. The average molecular weight is 293 g/mol. The number of nitrogens with zero attached hydrogens (tertiary/aromatic N) is 1. The van der Waals surface area contributed by atoms with E-state index >= 15 is 0 Å². The van der Waals surface area contributed by atoms with E-state index in [0.717, 1.165) is 31.7 Å². The number of hydrogen-bond acceptors (Lipinski definition) is 2. The molecule has 1 fully saturated rings. The van der Waals surface area contributed by atoms with Crippen LogP contribution in [-0.2, 0) is 11.0 Å². The molecule has 1 amide bonds. The van der Waals surface area contributed by atoms with Crippen LogP contribution in [0, 0.1) is 5.92 Å². The molecule has 2 rings (SSSR count). The van der Waals surface area contributed by atoms with Gasteiger partial charge in [0.05, 0.1) is 10.6 Å². The molecule has 1 saturated carbocycles. The monoisotopic (exact) mass is 292 g/mol. The van der Waals surface area contributed by atoms with Crippen molar-refractivity contribution in [1.29, 1.82) is 0 Å². The third-order valence-electron chi connectivity index (χ3n) is 3.14. The number of amides is 1. The molecule has 0 aliphatic heterocycles. The van der Waals surface area contributed by atoms with Crippen molar-refractivity contribution >= 4 is 23.3 Å². The summed E-state index contributed by atoms with van der Waals surface area (Å²) in [6, 6.07) is 0.763. The third kappa shape index (κ3) is 3.37. The molecule has 0 saturated heterocycles. The van der Waals surface area contributed by atoms with Gasteiger partial charge in [0.15, 0.2) is 5.82 Å². The van der Waals surface area contributed by atoms with E-state index in [9.17, 15) is 18.0 Å². The Morgan fingerprint density at radius 1 is 1.37 bits per heavy atom. The van der Waals surface area contributed by atoms with Crippen LogP contribution in [-0.4, -0.2) is 10.9 Å². The van der Waals surface area contributed by atoms with E-state index in [1.54, 1.807) is 0 Å². The molecule has 1 aromatic heterocycles. The maximum absolute atomic E-state index is 12.4. The van der Waals surface area contributed by atoms with Crippen LogP contribution < -0.4 is 5.32 Å². The summed E-state index contributed by atoms with van der Waals surface area (Å²) in [5, 5.41) is 2.27. The van der Waals surface area contributed by atoms with Crippen LogP contribution >= 0.6 is 11.6 Å². The molecule has 0 spiro atoms. The highest BCUT2D eigenvalue weighted by Gasteiger charge is 2.32. The van der Waals surface area contributed by atoms with Gasteiger partial charge >= 0.3 is 6.18 Å². The maximum Gasteiger partial charge on any atom is 0.417 e. The number of anilines is 1.